The van der Waals surface area contributed by atoms with Gasteiger partial charge in [0, 0.05) is 26.2 Å². The fraction of sp³-hybridized carbons (Fsp3) is 0.250. The van der Waals surface area contributed by atoms with E-state index in [2.05, 4.69) is 0 Å². The van der Waals surface area contributed by atoms with Gasteiger partial charge in [-0.15, -0.1) is 0 Å². The highest BCUT2D eigenvalue weighted by Gasteiger charge is 2.06. The van der Waals surface area contributed by atoms with Gasteiger partial charge < -0.3 is 4.90 Å². The molecule has 96 valence electrons. The van der Waals surface area contributed by atoms with E-state index in [0.717, 1.165) is 11.1 Å². The van der Waals surface area contributed by atoms with Gasteiger partial charge in [0.2, 0.25) is 0 Å². The van der Waals surface area contributed by atoms with Gasteiger partial charge in [0.25, 0.3) is 5.69 Å². The highest BCUT2D eigenvalue weighted by molar-refractivity contribution is 5.57. The summed E-state index contributed by atoms with van der Waals surface area (Å²) in [6.45, 7) is 1.93. The molecule has 0 aliphatic carbocycles. The number of nitro groups is 1. The van der Waals surface area contributed by atoms with Gasteiger partial charge in [-0.1, -0.05) is 6.07 Å². The zero-order valence-electron chi connectivity index (χ0n) is 10.4. The van der Waals surface area contributed by atoms with Crippen LogP contribution >= 0.6 is 0 Å². The molecule has 0 bridgehead atoms. The zero-order chi connectivity index (χ0) is 14.1. The summed E-state index contributed by atoms with van der Waals surface area (Å²) in [5.41, 5.74) is 2.02. The molecule has 0 amide bonds. The molecule has 0 heterocycles. The number of nitro benzene ring substituents is 1. The number of nitrogens with zero attached hydrogens (tertiary/aromatic N) is 2. The van der Waals surface area contributed by atoms with Crippen molar-refractivity contribution in [3.05, 3.63) is 45.6 Å². The third kappa shape index (κ3) is 5.58. The van der Waals surface area contributed by atoms with Crippen LogP contribution in [0, 0.1) is 17.0 Å². The van der Waals surface area contributed by atoms with Crippen LogP contribution in [0.5, 0.6) is 0 Å². The van der Waals surface area contributed by atoms with Crippen molar-refractivity contribution in [2.45, 2.75) is 6.92 Å². The Morgan fingerprint density at radius 2 is 1.89 bits per heavy atom. The maximum Gasteiger partial charge on any atom is 0.373 e. The van der Waals surface area contributed by atoms with Crippen LogP contribution in [0.25, 0.3) is 6.08 Å². The lowest BCUT2D eigenvalue weighted by Gasteiger charge is -2.04. The number of rotatable bonds is 3. The van der Waals surface area contributed by atoms with Crippen molar-refractivity contribution in [1.82, 2.24) is 4.90 Å². The summed E-state index contributed by atoms with van der Waals surface area (Å²) in [5.74, 6) is 0. The summed E-state index contributed by atoms with van der Waals surface area (Å²) in [4.78, 5) is 28.3. The maximum absolute atomic E-state index is 10.6. The summed E-state index contributed by atoms with van der Waals surface area (Å²) < 4.78 is 0. The van der Waals surface area contributed by atoms with E-state index in [9.17, 15) is 10.1 Å². The standard InChI is InChI=1S/C11H14N2O2.CO2/c1-9-4-5-11(13(14)15)8-10(9)6-7-12(2)3;2-1-3/h4-8H,1-3H3;/b7-6+;. The van der Waals surface area contributed by atoms with Gasteiger partial charge in [-0.3, -0.25) is 10.1 Å². The Hall–Kier alpha value is -2.46. The molecule has 6 heteroatoms. The Labute approximate surface area is 105 Å². The first kappa shape index (κ1) is 15.5. The largest absolute Gasteiger partial charge is 0.383 e. The molecule has 0 aromatic heterocycles. The molecule has 0 N–H and O–H groups in total. The molecule has 0 spiro atoms. The second-order valence-corrected chi connectivity index (χ2v) is 3.66. The van der Waals surface area contributed by atoms with Crippen molar-refractivity contribution in [3.8, 4) is 0 Å². The van der Waals surface area contributed by atoms with E-state index in [1.807, 2.05) is 38.2 Å². The van der Waals surface area contributed by atoms with Crippen molar-refractivity contribution in [3.63, 3.8) is 0 Å². The average Bonchev–Trinajstić information content (AvgIpc) is 2.28. The van der Waals surface area contributed by atoms with E-state index in [1.165, 1.54) is 6.07 Å². The Morgan fingerprint density at radius 3 is 2.33 bits per heavy atom. The zero-order valence-corrected chi connectivity index (χ0v) is 10.4. The maximum atomic E-state index is 10.6. The Morgan fingerprint density at radius 1 is 1.33 bits per heavy atom. The molecule has 0 unspecified atom stereocenters. The molecule has 0 saturated carbocycles. The van der Waals surface area contributed by atoms with Crippen LogP contribution in [0.2, 0.25) is 0 Å². The van der Waals surface area contributed by atoms with Crippen molar-refractivity contribution in [2.75, 3.05) is 14.1 Å². The van der Waals surface area contributed by atoms with Gasteiger partial charge in [-0.25, -0.2) is 0 Å². The minimum atomic E-state index is -0.382. The average molecular weight is 250 g/mol. The molecule has 0 atom stereocenters. The van der Waals surface area contributed by atoms with Crippen LogP contribution in [0.15, 0.2) is 24.4 Å². The van der Waals surface area contributed by atoms with Crippen LogP contribution in [0.1, 0.15) is 11.1 Å². The van der Waals surface area contributed by atoms with E-state index in [4.69, 9.17) is 9.59 Å². The van der Waals surface area contributed by atoms with E-state index < -0.39 is 0 Å². The lowest BCUT2D eigenvalue weighted by atomic mass is 10.1. The quantitative estimate of drug-likeness (QED) is 0.604. The summed E-state index contributed by atoms with van der Waals surface area (Å²) in [6.07, 6.45) is 3.98. The fourth-order valence-electron chi connectivity index (χ4n) is 1.15. The summed E-state index contributed by atoms with van der Waals surface area (Å²) in [7, 11) is 3.81. The number of hydrogen-bond acceptors (Lipinski definition) is 5. The lowest BCUT2D eigenvalue weighted by molar-refractivity contribution is -0.384. The predicted molar refractivity (Wildman–Crippen MR) is 65.6 cm³/mol. The highest BCUT2D eigenvalue weighted by atomic mass is 16.6. The third-order valence-corrected chi connectivity index (χ3v) is 2.03. The second kappa shape index (κ2) is 7.76. The number of benzene rings is 1. The topological polar surface area (TPSA) is 80.5 Å². The van der Waals surface area contributed by atoms with Gasteiger partial charge in [0.1, 0.15) is 0 Å². The van der Waals surface area contributed by atoms with Crippen LogP contribution in [0.3, 0.4) is 0 Å². The SMILES string of the molecule is Cc1ccc([N+](=O)[O-])cc1/C=C/N(C)C.O=C=O. The minimum absolute atomic E-state index is 0.124. The van der Waals surface area contributed by atoms with Gasteiger partial charge >= 0.3 is 6.15 Å². The first-order valence-electron chi connectivity index (χ1n) is 5.01. The van der Waals surface area contributed by atoms with E-state index in [1.54, 1.807) is 12.1 Å². The Kier molecular flexibility index (Phi) is 6.70. The summed E-state index contributed by atoms with van der Waals surface area (Å²) >= 11 is 0. The van der Waals surface area contributed by atoms with Crippen molar-refractivity contribution in [2.24, 2.45) is 0 Å². The highest BCUT2D eigenvalue weighted by Crippen LogP contribution is 2.18. The normalized spacial score (nSPS) is 9.28. The molecular weight excluding hydrogens is 236 g/mol. The van der Waals surface area contributed by atoms with E-state index in [-0.39, 0.29) is 16.8 Å². The molecule has 0 fully saturated rings. The second-order valence-electron chi connectivity index (χ2n) is 3.66. The third-order valence-electron chi connectivity index (χ3n) is 2.03. The summed E-state index contributed by atoms with van der Waals surface area (Å²) in [6, 6.07) is 4.85. The summed E-state index contributed by atoms with van der Waals surface area (Å²) in [5, 5.41) is 10.6. The van der Waals surface area contributed by atoms with Crippen LogP contribution in [-0.2, 0) is 9.59 Å². The molecule has 6 nitrogen and oxygen atoms in total. The Bertz CT molecular complexity index is 475. The first-order chi connectivity index (χ1) is 8.42. The van der Waals surface area contributed by atoms with E-state index >= 15 is 0 Å². The number of non-ortho nitro benzene ring substituents is 1. The molecular formula is C12H14N2O4. The molecule has 1 rings (SSSR count). The van der Waals surface area contributed by atoms with Crippen LogP contribution < -0.4 is 0 Å². The molecule has 18 heavy (non-hydrogen) atoms. The van der Waals surface area contributed by atoms with Crippen molar-refractivity contribution >= 4 is 17.9 Å². The lowest BCUT2D eigenvalue weighted by Crippen LogP contribution is -2.00. The minimum Gasteiger partial charge on any atom is -0.383 e. The van der Waals surface area contributed by atoms with Gasteiger partial charge in [-0.05, 0) is 30.3 Å². The Balaban J connectivity index is 0.000000873. The fourth-order valence-corrected chi connectivity index (χ4v) is 1.15. The molecule has 0 saturated heterocycles. The molecule has 0 radical (unpaired) electrons. The van der Waals surface area contributed by atoms with E-state index in [0.29, 0.717) is 0 Å². The number of hydrogen-bond donors (Lipinski definition) is 0. The van der Waals surface area contributed by atoms with Gasteiger partial charge in [0.05, 0.1) is 4.92 Å². The van der Waals surface area contributed by atoms with Crippen molar-refractivity contribution in [1.29, 1.82) is 0 Å². The molecule has 0 aliphatic heterocycles. The van der Waals surface area contributed by atoms with Crippen molar-refractivity contribution < 1.29 is 14.5 Å². The van der Waals surface area contributed by atoms with Gasteiger partial charge in [0.15, 0.2) is 0 Å². The van der Waals surface area contributed by atoms with Crippen LogP contribution in [0.4, 0.5) is 5.69 Å². The first-order valence-corrected chi connectivity index (χ1v) is 5.01. The van der Waals surface area contributed by atoms with Gasteiger partial charge in [-0.2, -0.15) is 9.59 Å². The monoisotopic (exact) mass is 250 g/mol. The smallest absolute Gasteiger partial charge is 0.373 e. The van der Waals surface area contributed by atoms with Crippen LogP contribution in [-0.4, -0.2) is 30.1 Å². The molecule has 1 aromatic rings. The molecule has 0 aliphatic rings. The number of aryl methyl sites for hydroxylation is 1. The molecule has 1 aromatic carbocycles. The predicted octanol–water partition coefficient (Wildman–Crippen LogP) is 1.85. The number of carbonyl (C=O) groups excluding carboxylic acids is 2.